The van der Waals surface area contributed by atoms with E-state index in [0.29, 0.717) is 6.54 Å². The third-order valence-corrected chi connectivity index (χ3v) is 2.32. The fourth-order valence-corrected chi connectivity index (χ4v) is 1.12. The van der Waals surface area contributed by atoms with Crippen molar-refractivity contribution in [3.05, 3.63) is 34.2 Å². The number of likely N-dealkylation sites (N-methyl/N-ethyl adjacent to an activating group) is 1. The Morgan fingerprint density at radius 2 is 2.27 bits per heavy atom. The summed E-state index contributed by atoms with van der Waals surface area (Å²) in [6.07, 6.45) is 0. The van der Waals surface area contributed by atoms with Gasteiger partial charge in [-0.05, 0) is 13.0 Å². The first kappa shape index (κ1) is 11.5. The maximum Gasteiger partial charge on any atom is 0.270 e. The van der Waals surface area contributed by atoms with E-state index in [1.54, 1.807) is 19.2 Å². The summed E-state index contributed by atoms with van der Waals surface area (Å²) in [4.78, 5) is 26.8. The van der Waals surface area contributed by atoms with Crippen LogP contribution >= 0.6 is 0 Å². The van der Waals surface area contributed by atoms with Crippen molar-refractivity contribution in [1.29, 1.82) is 0 Å². The molecule has 0 bridgehead atoms. The van der Waals surface area contributed by atoms with E-state index < -0.39 is 0 Å². The van der Waals surface area contributed by atoms with Crippen LogP contribution in [0.5, 0.6) is 0 Å². The number of rotatable bonds is 3. The van der Waals surface area contributed by atoms with E-state index in [1.165, 1.54) is 11.0 Å². The van der Waals surface area contributed by atoms with Crippen molar-refractivity contribution >= 4 is 5.91 Å². The monoisotopic (exact) mass is 209 g/mol. The zero-order valence-electron chi connectivity index (χ0n) is 8.86. The Balaban J connectivity index is 2.90. The molecule has 1 unspecified atom stereocenters. The van der Waals surface area contributed by atoms with Gasteiger partial charge < -0.3 is 15.6 Å². The van der Waals surface area contributed by atoms with Crippen LogP contribution in [-0.2, 0) is 0 Å². The molecule has 0 saturated carbocycles. The molecule has 0 radical (unpaired) electrons. The maximum absolute atomic E-state index is 11.8. The van der Waals surface area contributed by atoms with E-state index in [-0.39, 0.29) is 23.2 Å². The molecule has 1 rings (SSSR count). The maximum atomic E-state index is 11.8. The Labute approximate surface area is 87.9 Å². The van der Waals surface area contributed by atoms with Gasteiger partial charge in [-0.1, -0.05) is 6.07 Å². The molecule has 1 aromatic rings. The van der Waals surface area contributed by atoms with Crippen LogP contribution in [0.3, 0.4) is 0 Å². The minimum absolute atomic E-state index is 0.0544. The molecule has 0 spiro atoms. The van der Waals surface area contributed by atoms with Crippen molar-refractivity contribution in [1.82, 2.24) is 9.88 Å². The molecule has 15 heavy (non-hydrogen) atoms. The van der Waals surface area contributed by atoms with Gasteiger partial charge in [0.1, 0.15) is 5.69 Å². The van der Waals surface area contributed by atoms with Gasteiger partial charge in [-0.25, -0.2) is 0 Å². The van der Waals surface area contributed by atoms with Crippen LogP contribution < -0.4 is 11.3 Å². The number of amides is 1. The second-order valence-electron chi connectivity index (χ2n) is 3.43. The van der Waals surface area contributed by atoms with E-state index in [9.17, 15) is 9.59 Å². The highest BCUT2D eigenvalue weighted by Gasteiger charge is 2.16. The molecule has 3 N–H and O–H groups in total. The number of nitrogens with zero attached hydrogens (tertiary/aromatic N) is 1. The van der Waals surface area contributed by atoms with Gasteiger partial charge in [-0.2, -0.15) is 0 Å². The minimum Gasteiger partial charge on any atom is -0.336 e. The normalized spacial score (nSPS) is 12.2. The molecule has 1 atom stereocenters. The van der Waals surface area contributed by atoms with Crippen molar-refractivity contribution in [3.8, 4) is 0 Å². The Hall–Kier alpha value is -1.62. The summed E-state index contributed by atoms with van der Waals surface area (Å²) in [6.45, 7) is 2.23. The van der Waals surface area contributed by atoms with E-state index >= 15 is 0 Å². The molecule has 0 fully saturated rings. The van der Waals surface area contributed by atoms with Gasteiger partial charge in [-0.3, -0.25) is 9.59 Å². The van der Waals surface area contributed by atoms with Gasteiger partial charge in [-0.15, -0.1) is 0 Å². The molecule has 1 heterocycles. The lowest BCUT2D eigenvalue weighted by Gasteiger charge is -2.23. The summed E-state index contributed by atoms with van der Waals surface area (Å²) in [5, 5.41) is 0. The largest absolute Gasteiger partial charge is 0.336 e. The van der Waals surface area contributed by atoms with Gasteiger partial charge in [0.15, 0.2) is 0 Å². The summed E-state index contributed by atoms with van der Waals surface area (Å²) >= 11 is 0. The SMILES string of the molecule is CC(CN)N(C)C(=O)c1cccc(=O)[nH]1. The Kier molecular flexibility index (Phi) is 3.62. The fourth-order valence-electron chi connectivity index (χ4n) is 1.12. The Bertz CT molecular complexity index is 400. The van der Waals surface area contributed by atoms with Crippen LogP contribution in [0.2, 0.25) is 0 Å². The lowest BCUT2D eigenvalue weighted by molar-refractivity contribution is 0.0742. The lowest BCUT2D eigenvalue weighted by atomic mass is 10.2. The van der Waals surface area contributed by atoms with E-state index in [2.05, 4.69) is 4.98 Å². The fraction of sp³-hybridized carbons (Fsp3) is 0.400. The molecule has 0 aliphatic rings. The molecule has 0 saturated heterocycles. The number of H-pyrrole nitrogens is 1. The lowest BCUT2D eigenvalue weighted by Crippen LogP contribution is -2.40. The standard InChI is InChI=1S/C10H15N3O2/c1-7(6-11)13(2)10(15)8-4-3-5-9(14)12-8/h3-5,7H,6,11H2,1-2H3,(H,12,14). The molecule has 5 heteroatoms. The molecule has 0 aromatic carbocycles. The second-order valence-corrected chi connectivity index (χ2v) is 3.43. The number of carbonyl (C=O) groups excluding carboxylic acids is 1. The summed E-state index contributed by atoms with van der Waals surface area (Å²) in [5.41, 5.74) is 5.45. The second kappa shape index (κ2) is 4.75. The highest BCUT2D eigenvalue weighted by Crippen LogP contribution is 2.01. The average molecular weight is 209 g/mol. The molecule has 1 amide bonds. The molecule has 5 nitrogen and oxygen atoms in total. The number of pyridine rings is 1. The van der Waals surface area contributed by atoms with Gasteiger partial charge in [0.25, 0.3) is 5.91 Å². The molecule has 82 valence electrons. The van der Waals surface area contributed by atoms with E-state index in [1.807, 2.05) is 6.92 Å². The predicted octanol–water partition coefficient (Wildman–Crippen LogP) is -0.206. The highest BCUT2D eigenvalue weighted by atomic mass is 16.2. The summed E-state index contributed by atoms with van der Waals surface area (Å²) in [7, 11) is 1.66. The van der Waals surface area contributed by atoms with Gasteiger partial charge in [0, 0.05) is 25.7 Å². The molecular weight excluding hydrogens is 194 g/mol. The van der Waals surface area contributed by atoms with Crippen molar-refractivity contribution in [3.63, 3.8) is 0 Å². The zero-order chi connectivity index (χ0) is 11.4. The Morgan fingerprint density at radius 3 is 2.80 bits per heavy atom. The average Bonchev–Trinajstić information content (AvgIpc) is 2.26. The summed E-state index contributed by atoms with van der Waals surface area (Å²) in [6, 6.07) is 4.43. The van der Waals surface area contributed by atoms with Crippen LogP contribution in [0, 0.1) is 0 Å². The van der Waals surface area contributed by atoms with Crippen molar-refractivity contribution in [2.75, 3.05) is 13.6 Å². The molecule has 0 aliphatic carbocycles. The van der Waals surface area contributed by atoms with E-state index in [0.717, 1.165) is 0 Å². The van der Waals surface area contributed by atoms with Gasteiger partial charge in [0.05, 0.1) is 0 Å². The summed E-state index contributed by atoms with van der Waals surface area (Å²) < 4.78 is 0. The third kappa shape index (κ3) is 2.66. The van der Waals surface area contributed by atoms with Crippen LogP contribution in [0.15, 0.2) is 23.0 Å². The number of carbonyl (C=O) groups is 1. The number of aromatic amines is 1. The van der Waals surface area contributed by atoms with Crippen LogP contribution in [0.25, 0.3) is 0 Å². The first-order valence-corrected chi connectivity index (χ1v) is 4.73. The molecular formula is C10H15N3O2. The van der Waals surface area contributed by atoms with Crippen molar-refractivity contribution in [2.45, 2.75) is 13.0 Å². The number of nitrogens with two attached hydrogens (primary N) is 1. The smallest absolute Gasteiger partial charge is 0.270 e. The predicted molar refractivity (Wildman–Crippen MR) is 57.7 cm³/mol. The molecule has 1 aromatic heterocycles. The zero-order valence-corrected chi connectivity index (χ0v) is 8.86. The highest BCUT2D eigenvalue weighted by molar-refractivity contribution is 5.92. The van der Waals surface area contributed by atoms with Crippen LogP contribution in [-0.4, -0.2) is 35.4 Å². The topological polar surface area (TPSA) is 79.2 Å². The summed E-state index contributed by atoms with van der Waals surface area (Å²) in [5.74, 6) is -0.231. The number of hydrogen-bond donors (Lipinski definition) is 2. The van der Waals surface area contributed by atoms with E-state index in [4.69, 9.17) is 5.73 Å². The quantitative estimate of drug-likeness (QED) is 0.723. The van der Waals surface area contributed by atoms with Crippen molar-refractivity contribution < 1.29 is 4.79 Å². The number of hydrogen-bond acceptors (Lipinski definition) is 3. The van der Waals surface area contributed by atoms with Crippen LogP contribution in [0.4, 0.5) is 0 Å². The Morgan fingerprint density at radius 1 is 1.60 bits per heavy atom. The minimum atomic E-state index is -0.283. The first-order valence-electron chi connectivity index (χ1n) is 4.73. The van der Waals surface area contributed by atoms with Crippen LogP contribution in [0.1, 0.15) is 17.4 Å². The molecule has 0 aliphatic heterocycles. The van der Waals surface area contributed by atoms with Crippen molar-refractivity contribution in [2.24, 2.45) is 5.73 Å². The first-order chi connectivity index (χ1) is 7.06. The number of aromatic nitrogens is 1. The number of nitrogens with one attached hydrogen (secondary N) is 1. The van der Waals surface area contributed by atoms with Gasteiger partial charge in [0.2, 0.25) is 5.56 Å². The van der Waals surface area contributed by atoms with Gasteiger partial charge >= 0.3 is 0 Å². The third-order valence-electron chi connectivity index (χ3n) is 2.32.